The molecule has 0 bridgehead atoms. The van der Waals surface area contributed by atoms with Gasteiger partial charge in [-0.1, -0.05) is 18.2 Å². The topological polar surface area (TPSA) is 35.2 Å². The van der Waals surface area contributed by atoms with Gasteiger partial charge in [-0.25, -0.2) is 0 Å². The minimum absolute atomic E-state index is 0.108. The van der Waals surface area contributed by atoms with E-state index in [0.717, 1.165) is 6.08 Å². The molecule has 0 aromatic heterocycles. The lowest BCUT2D eigenvalue weighted by molar-refractivity contribution is 0.0518. The number of nitrogen functional groups attached to an aromatic ring is 1. The van der Waals surface area contributed by atoms with E-state index in [1.165, 1.54) is 18.2 Å². The second-order valence-electron chi connectivity index (χ2n) is 4.32. The van der Waals surface area contributed by atoms with Crippen molar-refractivity contribution in [3.63, 3.8) is 0 Å². The van der Waals surface area contributed by atoms with E-state index in [-0.39, 0.29) is 5.56 Å². The normalized spacial score (nSPS) is 11.8. The van der Waals surface area contributed by atoms with Crippen molar-refractivity contribution in [2.75, 3.05) is 5.73 Å². The van der Waals surface area contributed by atoms with Crippen LogP contribution in [0.2, 0.25) is 0 Å². The Kier molecular flexibility index (Phi) is 4.03. The lowest BCUT2D eigenvalue weighted by atomic mass is 10.1. The first-order valence-corrected chi connectivity index (χ1v) is 6.17. The van der Waals surface area contributed by atoms with Gasteiger partial charge in [0.25, 0.3) is 5.92 Å². The number of nitrogens with two attached hydrogens (primary N) is 1. The molecule has 0 spiro atoms. The summed E-state index contributed by atoms with van der Waals surface area (Å²) in [6.07, 6.45) is 2.18. The van der Waals surface area contributed by atoms with E-state index >= 15 is 0 Å². The molecular weight excluding hydrogens is 260 g/mol. The van der Waals surface area contributed by atoms with Crippen LogP contribution in [0.4, 0.5) is 14.5 Å². The van der Waals surface area contributed by atoms with E-state index in [1.54, 1.807) is 43.3 Å². The zero-order valence-electron chi connectivity index (χ0n) is 11.0. The van der Waals surface area contributed by atoms with Crippen LogP contribution in [0.3, 0.4) is 0 Å². The van der Waals surface area contributed by atoms with Gasteiger partial charge in [0, 0.05) is 11.3 Å². The van der Waals surface area contributed by atoms with Gasteiger partial charge in [0.2, 0.25) is 0 Å². The van der Waals surface area contributed by atoms with Gasteiger partial charge in [-0.15, -0.1) is 0 Å². The molecular formula is C16H15F2NO. The van der Waals surface area contributed by atoms with Gasteiger partial charge in [-0.3, -0.25) is 0 Å². The number of ether oxygens (including phenoxy) is 1. The third-order valence-electron chi connectivity index (χ3n) is 2.71. The second-order valence-corrected chi connectivity index (χ2v) is 4.32. The number of allylic oxidation sites excluding steroid dienone is 2. The molecule has 0 amide bonds. The molecule has 0 atom stereocenters. The Hall–Kier alpha value is -2.36. The van der Waals surface area contributed by atoms with E-state index in [9.17, 15) is 8.78 Å². The monoisotopic (exact) mass is 275 g/mol. The highest BCUT2D eigenvalue weighted by Crippen LogP contribution is 2.33. The van der Waals surface area contributed by atoms with Crippen LogP contribution in [-0.4, -0.2) is 0 Å². The summed E-state index contributed by atoms with van der Waals surface area (Å²) >= 11 is 0. The predicted octanol–water partition coefficient (Wildman–Crippen LogP) is 4.73. The minimum atomic E-state index is -3.00. The van der Waals surface area contributed by atoms with Gasteiger partial charge < -0.3 is 10.5 Å². The van der Waals surface area contributed by atoms with Crippen molar-refractivity contribution in [3.05, 3.63) is 66.2 Å². The van der Waals surface area contributed by atoms with Gasteiger partial charge in [0.15, 0.2) is 0 Å². The van der Waals surface area contributed by atoms with Crippen LogP contribution in [0.5, 0.6) is 11.5 Å². The summed E-state index contributed by atoms with van der Waals surface area (Å²) in [6.45, 7) is 1.56. The summed E-state index contributed by atoms with van der Waals surface area (Å²) in [7, 11) is 0. The van der Waals surface area contributed by atoms with Crippen molar-refractivity contribution in [1.29, 1.82) is 0 Å². The average molecular weight is 275 g/mol. The number of rotatable bonds is 4. The fourth-order valence-electron chi connectivity index (χ4n) is 1.74. The van der Waals surface area contributed by atoms with E-state index < -0.39 is 5.92 Å². The Balaban J connectivity index is 2.24. The maximum absolute atomic E-state index is 13.8. The van der Waals surface area contributed by atoms with Gasteiger partial charge >= 0.3 is 0 Å². The Labute approximate surface area is 116 Å². The standard InChI is InChI=1S/C16H15F2NO/c1-2-10-16(17,18)12-4-3-5-15(11-12)20-14-8-6-13(19)7-9-14/h2-11H,19H2,1H3/b10-2+. The maximum Gasteiger partial charge on any atom is 0.291 e. The summed E-state index contributed by atoms with van der Waals surface area (Å²) in [5.41, 5.74) is 6.08. The van der Waals surface area contributed by atoms with Crippen molar-refractivity contribution in [3.8, 4) is 11.5 Å². The molecule has 0 fully saturated rings. The average Bonchev–Trinajstić information content (AvgIpc) is 2.42. The van der Waals surface area contributed by atoms with Crippen LogP contribution >= 0.6 is 0 Å². The zero-order chi connectivity index (χ0) is 14.6. The summed E-state index contributed by atoms with van der Waals surface area (Å²) in [4.78, 5) is 0. The van der Waals surface area contributed by atoms with E-state index in [1.807, 2.05) is 0 Å². The number of anilines is 1. The van der Waals surface area contributed by atoms with Gasteiger partial charge in [0.1, 0.15) is 11.5 Å². The Morgan fingerprint density at radius 2 is 1.75 bits per heavy atom. The number of hydrogen-bond donors (Lipinski definition) is 1. The molecule has 0 saturated heterocycles. The maximum atomic E-state index is 13.8. The highest BCUT2D eigenvalue weighted by molar-refractivity contribution is 5.43. The van der Waals surface area contributed by atoms with Crippen molar-refractivity contribution in [2.45, 2.75) is 12.8 Å². The molecule has 2 rings (SSSR count). The zero-order valence-corrected chi connectivity index (χ0v) is 11.0. The van der Waals surface area contributed by atoms with Gasteiger partial charge in [-0.2, -0.15) is 8.78 Å². The second kappa shape index (κ2) is 5.74. The Morgan fingerprint density at radius 1 is 1.05 bits per heavy atom. The molecule has 0 unspecified atom stereocenters. The summed E-state index contributed by atoms with van der Waals surface area (Å²) in [5.74, 6) is -2.10. The molecule has 2 aromatic rings. The van der Waals surface area contributed by atoms with Crippen molar-refractivity contribution >= 4 is 5.69 Å². The number of alkyl halides is 2. The molecule has 0 aliphatic heterocycles. The van der Waals surface area contributed by atoms with Crippen LogP contribution in [0.1, 0.15) is 12.5 Å². The predicted molar refractivity (Wildman–Crippen MR) is 76.1 cm³/mol. The lowest BCUT2D eigenvalue weighted by Gasteiger charge is -2.13. The molecule has 0 saturated carbocycles. The van der Waals surface area contributed by atoms with Crippen molar-refractivity contribution in [1.82, 2.24) is 0 Å². The molecule has 2 N–H and O–H groups in total. The molecule has 0 radical (unpaired) electrons. The quantitative estimate of drug-likeness (QED) is 0.646. The van der Waals surface area contributed by atoms with Gasteiger partial charge in [0.05, 0.1) is 0 Å². The van der Waals surface area contributed by atoms with Gasteiger partial charge in [-0.05, 0) is 49.4 Å². The number of halogens is 2. The van der Waals surface area contributed by atoms with E-state index in [2.05, 4.69) is 0 Å². The molecule has 0 aliphatic rings. The summed E-state index contributed by atoms with van der Waals surface area (Å²) in [5, 5.41) is 0. The first-order chi connectivity index (χ1) is 9.51. The summed E-state index contributed by atoms with van der Waals surface area (Å²) < 4.78 is 33.1. The van der Waals surface area contributed by atoms with Crippen LogP contribution in [0, 0.1) is 0 Å². The fraction of sp³-hybridized carbons (Fsp3) is 0.125. The van der Waals surface area contributed by atoms with Crippen LogP contribution < -0.4 is 10.5 Å². The third-order valence-corrected chi connectivity index (χ3v) is 2.71. The smallest absolute Gasteiger partial charge is 0.291 e. The first-order valence-electron chi connectivity index (χ1n) is 6.17. The molecule has 2 nitrogen and oxygen atoms in total. The molecule has 20 heavy (non-hydrogen) atoms. The highest BCUT2D eigenvalue weighted by atomic mass is 19.3. The fourth-order valence-corrected chi connectivity index (χ4v) is 1.74. The third kappa shape index (κ3) is 3.35. The number of hydrogen-bond acceptors (Lipinski definition) is 2. The van der Waals surface area contributed by atoms with E-state index in [0.29, 0.717) is 17.2 Å². The SMILES string of the molecule is C/C=C/C(F)(F)c1cccc(Oc2ccc(N)cc2)c1. The van der Waals surface area contributed by atoms with Crippen molar-refractivity contribution < 1.29 is 13.5 Å². The molecule has 2 aromatic carbocycles. The summed E-state index contributed by atoms with van der Waals surface area (Å²) in [6, 6.07) is 12.6. The molecule has 0 heterocycles. The Morgan fingerprint density at radius 3 is 2.40 bits per heavy atom. The number of benzene rings is 2. The first kappa shape index (κ1) is 14.1. The van der Waals surface area contributed by atoms with Crippen molar-refractivity contribution in [2.24, 2.45) is 0 Å². The lowest BCUT2D eigenvalue weighted by Crippen LogP contribution is -2.09. The molecule has 104 valence electrons. The van der Waals surface area contributed by atoms with Crippen LogP contribution in [-0.2, 0) is 5.92 Å². The molecule has 0 aliphatic carbocycles. The van der Waals surface area contributed by atoms with Crippen LogP contribution in [0.25, 0.3) is 0 Å². The Bertz CT molecular complexity index is 606. The molecule has 4 heteroatoms. The largest absolute Gasteiger partial charge is 0.457 e. The highest BCUT2D eigenvalue weighted by Gasteiger charge is 2.27. The van der Waals surface area contributed by atoms with Crippen LogP contribution in [0.15, 0.2) is 60.7 Å². The minimum Gasteiger partial charge on any atom is -0.457 e. The van der Waals surface area contributed by atoms with E-state index in [4.69, 9.17) is 10.5 Å².